The molecule has 17 heavy (non-hydrogen) atoms. The highest BCUT2D eigenvalue weighted by atomic mass is 31.1. The van der Waals surface area contributed by atoms with E-state index in [0.29, 0.717) is 0 Å². The highest BCUT2D eigenvalue weighted by molar-refractivity contribution is 7.43. The van der Waals surface area contributed by atoms with Crippen molar-refractivity contribution < 1.29 is 4.57 Å². The van der Waals surface area contributed by atoms with Crippen molar-refractivity contribution in [1.29, 1.82) is 0 Å². The molecule has 0 spiro atoms. The topological polar surface area (TPSA) is 17.1 Å². The molecule has 1 unspecified atom stereocenters. The lowest BCUT2D eigenvalue weighted by Crippen LogP contribution is -1.85. The zero-order valence-electron chi connectivity index (χ0n) is 10.9. The molecule has 0 aliphatic rings. The van der Waals surface area contributed by atoms with Crippen LogP contribution in [-0.4, -0.2) is 6.16 Å². The maximum atomic E-state index is 11.8. The summed E-state index contributed by atoms with van der Waals surface area (Å²) >= 11 is 0. The van der Waals surface area contributed by atoms with E-state index >= 15 is 0 Å². The van der Waals surface area contributed by atoms with Crippen LogP contribution in [-0.2, 0) is 10.7 Å². The van der Waals surface area contributed by atoms with Gasteiger partial charge >= 0.3 is 0 Å². The van der Waals surface area contributed by atoms with Gasteiger partial charge in [0.25, 0.3) is 0 Å². The highest BCUT2D eigenvalue weighted by Gasteiger charge is 2.01. The van der Waals surface area contributed by atoms with E-state index in [2.05, 4.69) is 19.1 Å². The second-order valence-corrected chi connectivity index (χ2v) is 6.34. The molecule has 0 saturated carbocycles. The lowest BCUT2D eigenvalue weighted by molar-refractivity contribution is 0.580. The van der Waals surface area contributed by atoms with Gasteiger partial charge in [-0.25, -0.2) is 0 Å². The molecule has 0 aromatic heterocycles. The van der Waals surface area contributed by atoms with Gasteiger partial charge in [0.1, 0.15) is 0 Å². The molecule has 95 valence electrons. The molecule has 0 fully saturated rings. The summed E-state index contributed by atoms with van der Waals surface area (Å²) in [5.41, 5.74) is 1.21. The Bertz CT molecular complexity index is 308. The summed E-state index contributed by atoms with van der Waals surface area (Å²) < 4.78 is 11.8. The largest absolute Gasteiger partial charge is 0.287 e. The lowest BCUT2D eigenvalue weighted by Gasteiger charge is -2.02. The summed E-state index contributed by atoms with van der Waals surface area (Å²) in [5, 5.41) is 0. The van der Waals surface area contributed by atoms with Crippen LogP contribution in [0.1, 0.15) is 51.0 Å². The van der Waals surface area contributed by atoms with Crippen molar-refractivity contribution in [3.8, 4) is 0 Å². The van der Waals surface area contributed by atoms with Gasteiger partial charge in [0.05, 0.1) is 7.80 Å². The smallest absolute Gasteiger partial charge is 0.0763 e. The predicted octanol–water partition coefficient (Wildman–Crippen LogP) is 5.37. The molecule has 1 nitrogen and oxygen atoms in total. The van der Waals surface area contributed by atoms with Crippen molar-refractivity contribution in [2.24, 2.45) is 0 Å². The number of unbranched alkanes of at least 4 members (excludes halogenated alkanes) is 5. The third-order valence-corrected chi connectivity index (χ3v) is 4.50. The first-order chi connectivity index (χ1) is 8.33. The molecule has 0 bridgehead atoms. The maximum absolute atomic E-state index is 11.8. The quantitative estimate of drug-likeness (QED) is 0.425. The molecule has 1 aromatic carbocycles. The summed E-state index contributed by atoms with van der Waals surface area (Å²) in [7, 11) is -1.03. The van der Waals surface area contributed by atoms with Gasteiger partial charge in [0.2, 0.25) is 0 Å². The Morgan fingerprint density at radius 2 is 1.59 bits per heavy atom. The molecular formula is C15H24OP. The SMILES string of the molecule is CCCCCCCC[P](=O)Cc1ccccc1. The molecule has 1 aromatic rings. The molecule has 0 aliphatic heterocycles. The number of benzene rings is 1. The summed E-state index contributed by atoms with van der Waals surface area (Å²) in [6.45, 7) is 2.23. The minimum atomic E-state index is -1.03. The van der Waals surface area contributed by atoms with E-state index in [4.69, 9.17) is 0 Å². The van der Waals surface area contributed by atoms with Gasteiger partial charge in [-0.3, -0.25) is 4.57 Å². The molecular weight excluding hydrogens is 227 g/mol. The lowest BCUT2D eigenvalue weighted by atomic mass is 10.1. The van der Waals surface area contributed by atoms with Gasteiger partial charge in [0.15, 0.2) is 0 Å². The Kier molecular flexibility index (Phi) is 7.92. The molecule has 1 atom stereocenters. The second kappa shape index (κ2) is 9.36. The first kappa shape index (κ1) is 14.4. The van der Waals surface area contributed by atoms with E-state index < -0.39 is 7.80 Å². The van der Waals surface area contributed by atoms with E-state index in [1.165, 1.54) is 37.7 Å². The number of hydrogen-bond acceptors (Lipinski definition) is 1. The maximum Gasteiger partial charge on any atom is 0.0763 e. The van der Waals surface area contributed by atoms with Crippen LogP contribution in [0, 0.1) is 0 Å². The molecule has 0 amide bonds. The van der Waals surface area contributed by atoms with Crippen LogP contribution in [0.5, 0.6) is 0 Å². The molecule has 0 heterocycles. The summed E-state index contributed by atoms with van der Waals surface area (Å²) in [4.78, 5) is 0. The minimum Gasteiger partial charge on any atom is -0.287 e. The van der Waals surface area contributed by atoms with Gasteiger partial charge in [0, 0.05) is 12.3 Å². The highest BCUT2D eigenvalue weighted by Crippen LogP contribution is 2.28. The first-order valence-electron chi connectivity index (χ1n) is 6.79. The molecule has 1 radical (unpaired) electrons. The van der Waals surface area contributed by atoms with Crippen LogP contribution in [0.25, 0.3) is 0 Å². The standard InChI is InChI=1S/C15H24OP/c1-2-3-4-5-6-10-13-17(16)14-15-11-8-7-9-12-15/h7-9,11-12H,2-6,10,13-14H2,1H3. The Morgan fingerprint density at radius 3 is 2.29 bits per heavy atom. The Hall–Kier alpha value is -0.680. The molecule has 0 N–H and O–H groups in total. The zero-order chi connectivity index (χ0) is 12.3. The van der Waals surface area contributed by atoms with Crippen molar-refractivity contribution in [3.63, 3.8) is 0 Å². The normalized spacial score (nSPS) is 11.5. The van der Waals surface area contributed by atoms with Gasteiger partial charge in [-0.15, -0.1) is 0 Å². The van der Waals surface area contributed by atoms with Gasteiger partial charge in [-0.1, -0.05) is 69.4 Å². The molecule has 0 aliphatic carbocycles. The van der Waals surface area contributed by atoms with Crippen molar-refractivity contribution >= 4 is 7.80 Å². The van der Waals surface area contributed by atoms with E-state index in [-0.39, 0.29) is 0 Å². The Balaban J connectivity index is 2.06. The average Bonchev–Trinajstić information content (AvgIpc) is 2.35. The average molecular weight is 251 g/mol. The van der Waals surface area contributed by atoms with Crippen LogP contribution < -0.4 is 0 Å². The van der Waals surface area contributed by atoms with Crippen molar-refractivity contribution in [2.45, 2.75) is 51.6 Å². The Morgan fingerprint density at radius 1 is 0.941 bits per heavy atom. The van der Waals surface area contributed by atoms with Gasteiger partial charge in [-0.2, -0.15) is 0 Å². The van der Waals surface area contributed by atoms with E-state index in [1.54, 1.807) is 0 Å². The summed E-state index contributed by atoms with van der Waals surface area (Å²) in [6, 6.07) is 10.2. The van der Waals surface area contributed by atoms with Crippen LogP contribution >= 0.6 is 7.80 Å². The van der Waals surface area contributed by atoms with Gasteiger partial charge < -0.3 is 0 Å². The van der Waals surface area contributed by atoms with E-state index in [9.17, 15) is 4.57 Å². The van der Waals surface area contributed by atoms with Crippen LogP contribution in [0.4, 0.5) is 0 Å². The van der Waals surface area contributed by atoms with Crippen LogP contribution in [0.15, 0.2) is 30.3 Å². The fourth-order valence-corrected chi connectivity index (χ4v) is 3.29. The Labute approximate surface area is 106 Å². The van der Waals surface area contributed by atoms with Crippen molar-refractivity contribution in [3.05, 3.63) is 35.9 Å². The third kappa shape index (κ3) is 7.28. The predicted molar refractivity (Wildman–Crippen MR) is 76.0 cm³/mol. The summed E-state index contributed by atoms with van der Waals surface area (Å²) in [5.74, 6) is 0. The second-order valence-electron chi connectivity index (χ2n) is 4.62. The van der Waals surface area contributed by atoms with E-state index in [0.717, 1.165) is 18.7 Å². The molecule has 0 saturated heterocycles. The van der Waals surface area contributed by atoms with Crippen molar-refractivity contribution in [2.75, 3.05) is 6.16 Å². The first-order valence-corrected chi connectivity index (χ1v) is 8.42. The minimum absolute atomic E-state index is 0.755. The monoisotopic (exact) mass is 251 g/mol. The van der Waals surface area contributed by atoms with Gasteiger partial charge in [-0.05, 0) is 12.0 Å². The third-order valence-electron chi connectivity index (χ3n) is 2.96. The number of hydrogen-bond donors (Lipinski definition) is 0. The summed E-state index contributed by atoms with van der Waals surface area (Å²) in [6.07, 6.45) is 9.32. The fourth-order valence-electron chi connectivity index (χ4n) is 1.93. The van der Waals surface area contributed by atoms with E-state index in [1.807, 2.05) is 18.2 Å². The van der Waals surface area contributed by atoms with Crippen LogP contribution in [0.2, 0.25) is 0 Å². The fraction of sp³-hybridized carbons (Fsp3) is 0.600. The van der Waals surface area contributed by atoms with Crippen LogP contribution in [0.3, 0.4) is 0 Å². The molecule has 1 rings (SSSR count). The number of rotatable bonds is 9. The zero-order valence-corrected chi connectivity index (χ0v) is 11.8. The molecule has 2 heteroatoms. The van der Waals surface area contributed by atoms with Crippen molar-refractivity contribution in [1.82, 2.24) is 0 Å².